The summed E-state index contributed by atoms with van der Waals surface area (Å²) in [4.78, 5) is 4.69. The minimum atomic E-state index is 0.936. The molecule has 33 heavy (non-hydrogen) atoms. The van der Waals surface area contributed by atoms with E-state index in [0.717, 1.165) is 26.1 Å². The molecular formula is C31H32N2. The molecule has 0 heterocycles. The molecule has 5 rings (SSSR count). The molecule has 166 valence electrons. The number of rotatable bonds is 7. The number of benzene rings is 4. The van der Waals surface area contributed by atoms with Crippen molar-refractivity contribution in [1.82, 2.24) is 9.80 Å². The summed E-state index contributed by atoms with van der Waals surface area (Å²) in [5.41, 5.74) is 12.5. The van der Waals surface area contributed by atoms with Crippen LogP contribution in [0, 0.1) is 0 Å². The van der Waals surface area contributed by atoms with Gasteiger partial charge in [0.15, 0.2) is 0 Å². The molecular weight excluding hydrogens is 400 g/mol. The van der Waals surface area contributed by atoms with Crippen LogP contribution in [0.15, 0.2) is 91.0 Å². The van der Waals surface area contributed by atoms with Gasteiger partial charge in [-0.1, -0.05) is 84.9 Å². The summed E-state index contributed by atoms with van der Waals surface area (Å²) < 4.78 is 0. The SMILES string of the molecule is CN(C)Cc1cc(CN(C)Cc2ccc(-c3ccccc3)cc2)cc2c1Cc1ccccc1-2. The number of nitrogens with zero attached hydrogens (tertiary/aromatic N) is 2. The fourth-order valence-corrected chi connectivity index (χ4v) is 5.06. The zero-order valence-electron chi connectivity index (χ0n) is 19.9. The molecule has 0 unspecified atom stereocenters. The molecule has 0 radical (unpaired) electrons. The lowest BCUT2D eigenvalue weighted by Gasteiger charge is -2.20. The molecule has 4 aromatic carbocycles. The number of hydrogen-bond acceptors (Lipinski definition) is 2. The van der Waals surface area contributed by atoms with Gasteiger partial charge in [0.1, 0.15) is 0 Å². The van der Waals surface area contributed by atoms with Crippen LogP contribution in [0.25, 0.3) is 22.3 Å². The van der Waals surface area contributed by atoms with E-state index in [2.05, 4.69) is 122 Å². The molecule has 2 nitrogen and oxygen atoms in total. The lowest BCUT2D eigenvalue weighted by molar-refractivity contribution is 0.318. The molecule has 2 heteroatoms. The molecule has 0 aromatic heterocycles. The summed E-state index contributed by atoms with van der Waals surface area (Å²) in [6, 6.07) is 33.3. The Morgan fingerprint density at radius 3 is 2.03 bits per heavy atom. The molecule has 0 aliphatic heterocycles. The van der Waals surface area contributed by atoms with E-state index in [4.69, 9.17) is 0 Å². The Balaban J connectivity index is 1.35. The largest absolute Gasteiger partial charge is 0.305 e. The fraction of sp³-hybridized carbons (Fsp3) is 0.226. The highest BCUT2D eigenvalue weighted by Crippen LogP contribution is 2.39. The first kappa shape index (κ1) is 21.6. The zero-order valence-corrected chi connectivity index (χ0v) is 19.9. The first-order valence-electron chi connectivity index (χ1n) is 11.8. The molecule has 1 aliphatic rings. The molecule has 0 N–H and O–H groups in total. The minimum Gasteiger partial charge on any atom is -0.305 e. The van der Waals surface area contributed by atoms with Gasteiger partial charge in [0.2, 0.25) is 0 Å². The van der Waals surface area contributed by atoms with Gasteiger partial charge in [-0.15, -0.1) is 0 Å². The molecule has 0 atom stereocenters. The van der Waals surface area contributed by atoms with E-state index >= 15 is 0 Å². The van der Waals surface area contributed by atoms with Crippen molar-refractivity contribution < 1.29 is 0 Å². The summed E-state index contributed by atoms with van der Waals surface area (Å²) in [6.07, 6.45) is 1.05. The maximum Gasteiger partial charge on any atom is 0.0234 e. The van der Waals surface area contributed by atoms with Gasteiger partial charge in [0.25, 0.3) is 0 Å². The van der Waals surface area contributed by atoms with Crippen LogP contribution in [0.5, 0.6) is 0 Å². The second-order valence-corrected chi connectivity index (χ2v) is 9.59. The minimum absolute atomic E-state index is 0.936. The molecule has 1 aliphatic carbocycles. The van der Waals surface area contributed by atoms with E-state index in [0.29, 0.717) is 0 Å². The molecule has 0 saturated heterocycles. The molecule has 0 fully saturated rings. The van der Waals surface area contributed by atoms with Crippen molar-refractivity contribution in [3.63, 3.8) is 0 Å². The highest BCUT2D eigenvalue weighted by Gasteiger charge is 2.22. The lowest BCUT2D eigenvalue weighted by atomic mass is 9.97. The fourth-order valence-electron chi connectivity index (χ4n) is 5.06. The number of fused-ring (bicyclic) bond motifs is 3. The first-order valence-corrected chi connectivity index (χ1v) is 11.8. The van der Waals surface area contributed by atoms with Gasteiger partial charge in [0.05, 0.1) is 0 Å². The third-order valence-corrected chi connectivity index (χ3v) is 6.53. The summed E-state index contributed by atoms with van der Waals surface area (Å²) in [6.45, 7) is 2.86. The summed E-state index contributed by atoms with van der Waals surface area (Å²) in [5.74, 6) is 0. The number of hydrogen-bond donors (Lipinski definition) is 0. The lowest BCUT2D eigenvalue weighted by Crippen LogP contribution is -2.18. The Morgan fingerprint density at radius 1 is 0.606 bits per heavy atom. The Labute approximate surface area is 198 Å². The van der Waals surface area contributed by atoms with E-state index < -0.39 is 0 Å². The van der Waals surface area contributed by atoms with E-state index in [-0.39, 0.29) is 0 Å². The van der Waals surface area contributed by atoms with E-state index in [9.17, 15) is 0 Å². The smallest absolute Gasteiger partial charge is 0.0234 e. The summed E-state index contributed by atoms with van der Waals surface area (Å²) >= 11 is 0. The van der Waals surface area contributed by atoms with Crippen molar-refractivity contribution in [1.29, 1.82) is 0 Å². The van der Waals surface area contributed by atoms with Gasteiger partial charge < -0.3 is 4.90 Å². The molecule has 0 saturated carbocycles. The van der Waals surface area contributed by atoms with Crippen molar-refractivity contribution in [3.05, 3.63) is 119 Å². The average Bonchev–Trinajstić information content (AvgIpc) is 3.19. The summed E-state index contributed by atoms with van der Waals surface area (Å²) in [7, 11) is 6.54. The Morgan fingerprint density at radius 2 is 1.27 bits per heavy atom. The topological polar surface area (TPSA) is 6.48 Å². The molecule has 0 spiro atoms. The van der Waals surface area contributed by atoms with E-state index in [1.165, 1.54) is 50.1 Å². The van der Waals surface area contributed by atoms with Crippen LogP contribution in [0.3, 0.4) is 0 Å². The van der Waals surface area contributed by atoms with Crippen LogP contribution in [0.1, 0.15) is 27.8 Å². The Kier molecular flexibility index (Phi) is 6.13. The van der Waals surface area contributed by atoms with Gasteiger partial charge in [0, 0.05) is 19.6 Å². The zero-order chi connectivity index (χ0) is 22.8. The van der Waals surface area contributed by atoms with Crippen molar-refractivity contribution in [3.8, 4) is 22.3 Å². The van der Waals surface area contributed by atoms with Crippen molar-refractivity contribution >= 4 is 0 Å². The van der Waals surface area contributed by atoms with Crippen LogP contribution >= 0.6 is 0 Å². The maximum atomic E-state index is 2.43. The van der Waals surface area contributed by atoms with Crippen LogP contribution < -0.4 is 0 Å². The average molecular weight is 433 g/mol. The Bertz CT molecular complexity index is 1240. The predicted octanol–water partition coefficient (Wildman–Crippen LogP) is 6.62. The molecule has 0 bridgehead atoms. The monoisotopic (exact) mass is 432 g/mol. The van der Waals surface area contributed by atoms with E-state index in [1.807, 2.05) is 0 Å². The van der Waals surface area contributed by atoms with Crippen molar-refractivity contribution in [2.45, 2.75) is 26.1 Å². The first-order chi connectivity index (χ1) is 16.1. The van der Waals surface area contributed by atoms with Crippen LogP contribution in [-0.4, -0.2) is 30.9 Å². The quantitative estimate of drug-likeness (QED) is 0.285. The maximum absolute atomic E-state index is 2.43. The molecule has 0 amide bonds. The van der Waals surface area contributed by atoms with Crippen LogP contribution in [-0.2, 0) is 26.1 Å². The third kappa shape index (κ3) is 4.78. The van der Waals surface area contributed by atoms with Crippen molar-refractivity contribution in [2.75, 3.05) is 21.1 Å². The second-order valence-electron chi connectivity index (χ2n) is 9.59. The van der Waals surface area contributed by atoms with Gasteiger partial charge in [-0.3, -0.25) is 4.90 Å². The Hall–Kier alpha value is -3.20. The van der Waals surface area contributed by atoms with Gasteiger partial charge in [-0.05, 0) is 83.7 Å². The van der Waals surface area contributed by atoms with Gasteiger partial charge >= 0.3 is 0 Å². The van der Waals surface area contributed by atoms with E-state index in [1.54, 1.807) is 0 Å². The van der Waals surface area contributed by atoms with Gasteiger partial charge in [-0.25, -0.2) is 0 Å². The van der Waals surface area contributed by atoms with Crippen LogP contribution in [0.4, 0.5) is 0 Å². The second kappa shape index (κ2) is 9.35. The highest BCUT2D eigenvalue weighted by atomic mass is 15.1. The van der Waals surface area contributed by atoms with Crippen molar-refractivity contribution in [2.24, 2.45) is 0 Å². The molecule has 4 aromatic rings. The van der Waals surface area contributed by atoms with Crippen LogP contribution in [0.2, 0.25) is 0 Å². The predicted molar refractivity (Wildman–Crippen MR) is 139 cm³/mol. The van der Waals surface area contributed by atoms with Gasteiger partial charge in [-0.2, -0.15) is 0 Å². The highest BCUT2D eigenvalue weighted by molar-refractivity contribution is 5.78. The standard InChI is InChI=1S/C31H32N2/c1-32(2)22-28-17-24(18-31-29-12-8-7-11-27(29)19-30(28)31)21-33(3)20-23-13-15-26(16-14-23)25-9-5-4-6-10-25/h4-18H,19-22H2,1-3H3. The normalized spacial score (nSPS) is 12.3. The summed E-state index contributed by atoms with van der Waals surface area (Å²) in [5, 5.41) is 0. The third-order valence-electron chi connectivity index (χ3n) is 6.53.